The Bertz CT molecular complexity index is 170. The minimum absolute atomic E-state index is 0.0247. The first-order valence-corrected chi connectivity index (χ1v) is 3.34. The Balaban J connectivity index is 2.88. The van der Waals surface area contributed by atoms with Gasteiger partial charge in [-0.3, -0.25) is 4.79 Å². The summed E-state index contributed by atoms with van der Waals surface area (Å²) in [6, 6.07) is 0. The molecule has 50 valence electrons. The van der Waals surface area contributed by atoms with Crippen molar-refractivity contribution in [2.24, 2.45) is 5.92 Å². The third-order valence-electron chi connectivity index (χ3n) is 1.87. The molecule has 0 saturated heterocycles. The lowest BCUT2D eigenvalue weighted by Gasteiger charge is -2.17. The van der Waals surface area contributed by atoms with Crippen molar-refractivity contribution in [1.82, 2.24) is 0 Å². The van der Waals surface area contributed by atoms with Gasteiger partial charge >= 0.3 is 0 Å². The molecule has 1 nitrogen and oxygen atoms in total. The van der Waals surface area contributed by atoms with Crippen LogP contribution in [0.4, 0.5) is 0 Å². The highest BCUT2D eigenvalue weighted by Gasteiger charge is 2.37. The van der Waals surface area contributed by atoms with Crippen molar-refractivity contribution in [3.63, 3.8) is 0 Å². The van der Waals surface area contributed by atoms with Crippen LogP contribution in [0.15, 0.2) is 12.2 Å². The van der Waals surface area contributed by atoms with Crippen molar-refractivity contribution >= 4 is 17.4 Å². The number of hydrogen-bond donors (Lipinski definition) is 0. The molecule has 0 radical (unpaired) electrons. The first-order valence-electron chi connectivity index (χ1n) is 2.96. The average Bonchev–Trinajstić information content (AvgIpc) is 1.96. The molecule has 1 rings (SSSR count). The second kappa shape index (κ2) is 1.84. The molecule has 1 aliphatic rings. The lowest BCUT2D eigenvalue weighted by atomic mass is 9.98. The largest absolute Gasteiger partial charge is 0.293 e. The maximum Gasteiger partial charge on any atom is 0.176 e. The van der Waals surface area contributed by atoms with Crippen LogP contribution >= 0.6 is 11.6 Å². The SMILES string of the molecule is C[C@H]1C=CC(=O)[C@@]1(C)Cl. The van der Waals surface area contributed by atoms with Gasteiger partial charge in [0.25, 0.3) is 0 Å². The van der Waals surface area contributed by atoms with Gasteiger partial charge in [0.1, 0.15) is 4.87 Å². The summed E-state index contributed by atoms with van der Waals surface area (Å²) in [6.45, 7) is 3.69. The van der Waals surface area contributed by atoms with Crippen LogP contribution in [-0.4, -0.2) is 10.7 Å². The van der Waals surface area contributed by atoms with Gasteiger partial charge in [-0.1, -0.05) is 13.0 Å². The fourth-order valence-electron chi connectivity index (χ4n) is 0.800. The van der Waals surface area contributed by atoms with Crippen LogP contribution in [-0.2, 0) is 4.79 Å². The van der Waals surface area contributed by atoms with Gasteiger partial charge < -0.3 is 0 Å². The highest BCUT2D eigenvalue weighted by molar-refractivity contribution is 6.38. The predicted molar refractivity (Wildman–Crippen MR) is 37.6 cm³/mol. The molecule has 0 saturated carbocycles. The lowest BCUT2D eigenvalue weighted by Crippen LogP contribution is -2.28. The summed E-state index contributed by atoms with van der Waals surface area (Å²) in [6.07, 6.45) is 3.40. The lowest BCUT2D eigenvalue weighted by molar-refractivity contribution is -0.116. The zero-order valence-corrected chi connectivity index (χ0v) is 6.27. The van der Waals surface area contributed by atoms with Crippen LogP contribution in [0, 0.1) is 5.92 Å². The van der Waals surface area contributed by atoms with Crippen molar-refractivity contribution in [3.8, 4) is 0 Å². The molecule has 0 spiro atoms. The number of alkyl halides is 1. The highest BCUT2D eigenvalue weighted by Crippen LogP contribution is 2.32. The van der Waals surface area contributed by atoms with E-state index in [-0.39, 0.29) is 11.7 Å². The number of carbonyl (C=O) groups is 1. The first kappa shape index (κ1) is 6.81. The van der Waals surface area contributed by atoms with E-state index in [4.69, 9.17) is 11.6 Å². The summed E-state index contributed by atoms with van der Waals surface area (Å²) < 4.78 is 0. The molecule has 0 aromatic carbocycles. The van der Waals surface area contributed by atoms with Gasteiger partial charge in [0.2, 0.25) is 0 Å². The molecular weight excluding hydrogens is 136 g/mol. The Morgan fingerprint density at radius 3 is 2.44 bits per heavy atom. The molecule has 2 heteroatoms. The molecule has 0 fully saturated rings. The van der Waals surface area contributed by atoms with Crippen molar-refractivity contribution < 1.29 is 4.79 Å². The fourth-order valence-corrected chi connectivity index (χ4v) is 0.936. The fraction of sp³-hybridized carbons (Fsp3) is 0.571. The standard InChI is InChI=1S/C7H9ClO/c1-5-3-4-6(9)7(5,2)8/h3-5H,1-2H3/t5-,7-/m0/s1. The van der Waals surface area contributed by atoms with Gasteiger partial charge in [0.15, 0.2) is 5.78 Å². The van der Waals surface area contributed by atoms with Crippen molar-refractivity contribution in [3.05, 3.63) is 12.2 Å². The van der Waals surface area contributed by atoms with Gasteiger partial charge in [-0.15, -0.1) is 11.6 Å². The third kappa shape index (κ3) is 0.897. The molecule has 0 heterocycles. The Labute approximate surface area is 59.7 Å². The number of allylic oxidation sites excluding steroid dienone is 2. The summed E-state index contributed by atoms with van der Waals surface area (Å²) in [5.74, 6) is 0.198. The number of ketones is 1. The number of rotatable bonds is 0. The topological polar surface area (TPSA) is 17.1 Å². The van der Waals surface area contributed by atoms with Gasteiger partial charge in [0.05, 0.1) is 0 Å². The number of hydrogen-bond acceptors (Lipinski definition) is 1. The van der Waals surface area contributed by atoms with Crippen LogP contribution in [0.2, 0.25) is 0 Å². The molecular formula is C7H9ClO. The second-order valence-corrected chi connectivity index (χ2v) is 3.37. The Morgan fingerprint density at radius 2 is 2.33 bits per heavy atom. The summed E-state index contributed by atoms with van der Waals surface area (Å²) in [5, 5.41) is 0. The molecule has 0 aliphatic heterocycles. The van der Waals surface area contributed by atoms with Crippen molar-refractivity contribution in [2.75, 3.05) is 0 Å². The van der Waals surface area contributed by atoms with E-state index in [9.17, 15) is 4.79 Å². The first-order chi connectivity index (χ1) is 4.05. The molecule has 0 N–H and O–H groups in total. The molecule has 0 aromatic heterocycles. The smallest absolute Gasteiger partial charge is 0.176 e. The van der Waals surface area contributed by atoms with Crippen LogP contribution in [0.1, 0.15) is 13.8 Å². The Hall–Kier alpha value is -0.300. The van der Waals surface area contributed by atoms with Crippen molar-refractivity contribution in [1.29, 1.82) is 0 Å². The van der Waals surface area contributed by atoms with E-state index in [1.54, 1.807) is 13.0 Å². The van der Waals surface area contributed by atoms with Gasteiger partial charge in [-0.2, -0.15) is 0 Å². The third-order valence-corrected chi connectivity index (χ3v) is 2.40. The normalized spacial score (nSPS) is 42.1. The monoisotopic (exact) mass is 144 g/mol. The van der Waals surface area contributed by atoms with Crippen LogP contribution in [0.3, 0.4) is 0 Å². The molecule has 0 bridgehead atoms. The predicted octanol–water partition coefficient (Wildman–Crippen LogP) is 1.76. The zero-order chi connectivity index (χ0) is 7.07. The number of halogens is 1. The van der Waals surface area contributed by atoms with Crippen LogP contribution in [0.5, 0.6) is 0 Å². The summed E-state index contributed by atoms with van der Waals surface area (Å²) >= 11 is 5.86. The molecule has 0 unspecified atom stereocenters. The molecule has 2 atom stereocenters. The van der Waals surface area contributed by atoms with E-state index in [1.165, 1.54) is 0 Å². The average molecular weight is 145 g/mol. The van der Waals surface area contributed by atoms with E-state index < -0.39 is 4.87 Å². The highest BCUT2D eigenvalue weighted by atomic mass is 35.5. The van der Waals surface area contributed by atoms with E-state index >= 15 is 0 Å². The quantitative estimate of drug-likeness (QED) is 0.474. The zero-order valence-electron chi connectivity index (χ0n) is 5.52. The van der Waals surface area contributed by atoms with Gasteiger partial charge in [0, 0.05) is 5.92 Å². The minimum atomic E-state index is -0.667. The second-order valence-electron chi connectivity index (χ2n) is 2.59. The Morgan fingerprint density at radius 1 is 1.78 bits per heavy atom. The van der Waals surface area contributed by atoms with E-state index in [2.05, 4.69) is 0 Å². The maximum atomic E-state index is 10.9. The van der Waals surface area contributed by atoms with Crippen LogP contribution < -0.4 is 0 Å². The molecule has 0 amide bonds. The maximum absolute atomic E-state index is 10.9. The number of carbonyl (C=O) groups excluding carboxylic acids is 1. The van der Waals surface area contributed by atoms with E-state index in [1.807, 2.05) is 13.0 Å². The minimum Gasteiger partial charge on any atom is -0.293 e. The van der Waals surface area contributed by atoms with E-state index in [0.717, 1.165) is 0 Å². The van der Waals surface area contributed by atoms with Crippen molar-refractivity contribution in [2.45, 2.75) is 18.7 Å². The summed E-state index contributed by atoms with van der Waals surface area (Å²) in [4.78, 5) is 10.2. The van der Waals surface area contributed by atoms with Gasteiger partial charge in [-0.05, 0) is 13.0 Å². The van der Waals surface area contributed by atoms with Crippen LogP contribution in [0.25, 0.3) is 0 Å². The molecule has 9 heavy (non-hydrogen) atoms. The molecule has 1 aliphatic carbocycles. The Kier molecular flexibility index (Phi) is 1.39. The molecule has 0 aromatic rings. The summed E-state index contributed by atoms with van der Waals surface area (Å²) in [5.41, 5.74) is 0. The van der Waals surface area contributed by atoms with Gasteiger partial charge in [-0.25, -0.2) is 0 Å². The summed E-state index contributed by atoms with van der Waals surface area (Å²) in [7, 11) is 0. The van der Waals surface area contributed by atoms with E-state index in [0.29, 0.717) is 0 Å².